The van der Waals surface area contributed by atoms with Crippen molar-refractivity contribution in [2.75, 3.05) is 40.9 Å². The Kier molecular flexibility index (Phi) is 74.4. The number of amides is 1. The summed E-state index contributed by atoms with van der Waals surface area (Å²) in [6, 6.07) is -0.863. The number of likely N-dealkylation sites (N-methyl/N-ethyl adjacent to an activating group) is 1. The molecule has 0 fully saturated rings. The van der Waals surface area contributed by atoms with Gasteiger partial charge in [0.05, 0.1) is 39.9 Å². The standard InChI is InChI=1S/C84H167N2O6P/c1-6-8-10-12-14-16-18-20-22-24-26-28-30-32-34-36-38-39-40-41-42-43-44-45-46-47-48-50-52-54-56-58-60-62-64-66-68-70-72-74-76-78-84(88)85-82(81-92-93(89,90)91-80-79-86(3,4)5)83(87)77-75-73-71-69-67-65-63-61-59-57-55-53-51-49-37-35-33-31-29-27-25-23-21-19-17-15-13-11-9-7-2/h67,69,75,77,82-83,87H,6-66,68,70-74,76,78-81H2,1-5H3,(H-,85,88,89,90)/p+1/b69-67+,77-75+. The van der Waals surface area contributed by atoms with E-state index < -0.39 is 20.0 Å². The van der Waals surface area contributed by atoms with Gasteiger partial charge in [-0.05, 0) is 32.1 Å². The largest absolute Gasteiger partial charge is 0.472 e. The van der Waals surface area contributed by atoms with E-state index in [2.05, 4.69) is 31.3 Å². The first-order valence-corrected chi connectivity index (χ1v) is 43.7. The van der Waals surface area contributed by atoms with Crippen molar-refractivity contribution in [1.82, 2.24) is 5.32 Å². The zero-order valence-corrected chi connectivity index (χ0v) is 64.7. The van der Waals surface area contributed by atoms with Crippen molar-refractivity contribution in [2.24, 2.45) is 0 Å². The van der Waals surface area contributed by atoms with E-state index in [1.807, 2.05) is 27.2 Å². The summed E-state index contributed by atoms with van der Waals surface area (Å²) in [6.07, 6.45) is 101. The van der Waals surface area contributed by atoms with Crippen molar-refractivity contribution in [3.05, 3.63) is 24.3 Å². The number of phosphoric ester groups is 1. The molecule has 0 rings (SSSR count). The lowest BCUT2D eigenvalue weighted by Crippen LogP contribution is -2.45. The summed E-state index contributed by atoms with van der Waals surface area (Å²) in [4.78, 5) is 23.5. The second-order valence-corrected chi connectivity index (χ2v) is 32.0. The molecule has 8 nitrogen and oxygen atoms in total. The number of nitrogens with zero attached hydrogens (tertiary/aromatic N) is 1. The van der Waals surface area contributed by atoms with Gasteiger partial charge in [-0.1, -0.05) is 443 Å². The molecule has 0 aliphatic carbocycles. The summed E-state index contributed by atoms with van der Waals surface area (Å²) < 4.78 is 23.9. The molecule has 3 atom stereocenters. The number of carbonyl (C=O) groups is 1. The lowest BCUT2D eigenvalue weighted by atomic mass is 10.0. The normalized spacial score (nSPS) is 13.5. The van der Waals surface area contributed by atoms with Gasteiger partial charge < -0.3 is 19.8 Å². The second kappa shape index (κ2) is 75.2. The first-order chi connectivity index (χ1) is 45.5. The molecule has 0 aliphatic heterocycles. The molecule has 0 aliphatic rings. The highest BCUT2D eigenvalue weighted by Crippen LogP contribution is 2.43. The second-order valence-electron chi connectivity index (χ2n) is 30.6. The molecule has 0 aromatic carbocycles. The number of aliphatic hydroxyl groups excluding tert-OH is 1. The molecule has 0 heterocycles. The Hall–Kier alpha value is -1.02. The van der Waals surface area contributed by atoms with Crippen LogP contribution in [0.4, 0.5) is 0 Å². The van der Waals surface area contributed by atoms with Crippen LogP contribution >= 0.6 is 7.82 Å². The number of rotatable bonds is 80. The SMILES string of the molecule is CCCCCCCCCCCCCCCCCCCCCCCCCC/C=C/CC/C=C/C(O)C(COP(=O)(O)OCC[N+](C)(C)C)NC(=O)CCCCCCCCCCCCCCCCCCCCCCCCCCCCCCCCCCCCCCCCCCC. The summed E-state index contributed by atoms with van der Waals surface area (Å²) in [5.41, 5.74) is 0. The van der Waals surface area contributed by atoms with E-state index in [1.165, 1.54) is 398 Å². The molecule has 3 unspecified atom stereocenters. The maximum absolute atomic E-state index is 13.1. The Labute approximate surface area is 583 Å². The van der Waals surface area contributed by atoms with E-state index in [1.54, 1.807) is 6.08 Å². The van der Waals surface area contributed by atoms with Crippen LogP contribution in [0.5, 0.6) is 0 Å². The molecule has 0 bridgehead atoms. The molecule has 3 N–H and O–H groups in total. The highest BCUT2D eigenvalue weighted by atomic mass is 31.2. The van der Waals surface area contributed by atoms with Crippen LogP contribution in [0.25, 0.3) is 0 Å². The molecule has 0 aromatic heterocycles. The summed E-state index contributed by atoms with van der Waals surface area (Å²) in [6.45, 7) is 4.88. The number of hydrogen-bond acceptors (Lipinski definition) is 5. The van der Waals surface area contributed by atoms with E-state index in [-0.39, 0.29) is 19.1 Å². The number of carbonyl (C=O) groups excluding carboxylic acids is 1. The average Bonchev–Trinajstić information content (AvgIpc) is 2.57. The fraction of sp³-hybridized carbons (Fsp3) is 0.940. The van der Waals surface area contributed by atoms with Crippen LogP contribution in [-0.2, 0) is 18.4 Å². The Morgan fingerprint density at radius 3 is 0.860 bits per heavy atom. The maximum Gasteiger partial charge on any atom is 0.472 e. The third kappa shape index (κ3) is 78.2. The number of nitrogens with one attached hydrogen (secondary N) is 1. The number of hydrogen-bond donors (Lipinski definition) is 3. The third-order valence-corrected chi connectivity index (χ3v) is 20.9. The lowest BCUT2D eigenvalue weighted by Gasteiger charge is -2.25. The molecule has 0 saturated carbocycles. The zero-order valence-electron chi connectivity index (χ0n) is 63.8. The Morgan fingerprint density at radius 1 is 0.355 bits per heavy atom. The molecule has 1 amide bonds. The van der Waals surface area contributed by atoms with Gasteiger partial charge in [-0.25, -0.2) is 4.57 Å². The van der Waals surface area contributed by atoms with E-state index in [9.17, 15) is 19.4 Å². The molecular weight excluding hydrogens is 1160 g/mol. The monoisotopic (exact) mass is 1330 g/mol. The quantitative estimate of drug-likeness (QED) is 0.0243. The minimum absolute atomic E-state index is 0.0593. The molecule has 0 spiro atoms. The van der Waals surface area contributed by atoms with Crippen LogP contribution in [-0.4, -0.2) is 73.4 Å². The smallest absolute Gasteiger partial charge is 0.387 e. The summed E-state index contributed by atoms with van der Waals surface area (Å²) in [5.74, 6) is -0.176. The maximum atomic E-state index is 13.1. The molecule has 0 saturated heterocycles. The summed E-state index contributed by atoms with van der Waals surface area (Å²) in [7, 11) is 1.58. The molecule has 554 valence electrons. The fourth-order valence-electron chi connectivity index (χ4n) is 13.4. The zero-order chi connectivity index (χ0) is 67.6. The molecular formula is C84H168N2O6P+. The summed E-state index contributed by atoms with van der Waals surface area (Å²) in [5, 5.41) is 14.0. The van der Waals surface area contributed by atoms with Crippen LogP contribution in [0.1, 0.15) is 457 Å². The van der Waals surface area contributed by atoms with Gasteiger partial charge in [0.2, 0.25) is 5.91 Å². The van der Waals surface area contributed by atoms with E-state index in [0.29, 0.717) is 17.4 Å². The van der Waals surface area contributed by atoms with Gasteiger partial charge in [-0.2, -0.15) is 0 Å². The number of aliphatic hydroxyl groups is 1. The van der Waals surface area contributed by atoms with Gasteiger partial charge in [0.15, 0.2) is 0 Å². The van der Waals surface area contributed by atoms with Crippen LogP contribution in [0, 0.1) is 0 Å². The fourth-order valence-corrected chi connectivity index (χ4v) is 14.2. The van der Waals surface area contributed by atoms with E-state index in [0.717, 1.165) is 38.5 Å². The highest BCUT2D eigenvalue weighted by Gasteiger charge is 2.28. The van der Waals surface area contributed by atoms with Gasteiger partial charge in [0.25, 0.3) is 0 Å². The van der Waals surface area contributed by atoms with Crippen LogP contribution in [0.3, 0.4) is 0 Å². The summed E-state index contributed by atoms with van der Waals surface area (Å²) >= 11 is 0. The minimum Gasteiger partial charge on any atom is -0.387 e. The lowest BCUT2D eigenvalue weighted by molar-refractivity contribution is -0.870. The topological polar surface area (TPSA) is 105 Å². The van der Waals surface area contributed by atoms with Crippen molar-refractivity contribution in [3.63, 3.8) is 0 Å². The predicted octanol–water partition coefficient (Wildman–Crippen LogP) is 27.7. The number of unbranched alkanes of at least 4 members (excludes halogenated alkanes) is 65. The van der Waals surface area contributed by atoms with Gasteiger partial charge in [-0.3, -0.25) is 13.8 Å². The minimum atomic E-state index is -4.36. The number of quaternary nitrogens is 1. The Morgan fingerprint density at radius 2 is 0.591 bits per heavy atom. The van der Waals surface area contributed by atoms with Gasteiger partial charge >= 0.3 is 7.82 Å². The molecule has 0 radical (unpaired) electrons. The number of allylic oxidation sites excluding steroid dienone is 3. The van der Waals surface area contributed by atoms with Crippen molar-refractivity contribution < 1.29 is 32.9 Å². The Bertz CT molecular complexity index is 1570. The van der Waals surface area contributed by atoms with Crippen molar-refractivity contribution in [1.29, 1.82) is 0 Å². The predicted molar refractivity (Wildman–Crippen MR) is 411 cm³/mol. The van der Waals surface area contributed by atoms with Crippen LogP contribution in [0.15, 0.2) is 24.3 Å². The first-order valence-electron chi connectivity index (χ1n) is 42.2. The Balaban J connectivity index is 3.90. The van der Waals surface area contributed by atoms with Crippen LogP contribution < -0.4 is 5.32 Å². The van der Waals surface area contributed by atoms with Crippen LogP contribution in [0.2, 0.25) is 0 Å². The van der Waals surface area contributed by atoms with Crippen molar-refractivity contribution in [3.8, 4) is 0 Å². The van der Waals surface area contributed by atoms with E-state index >= 15 is 0 Å². The van der Waals surface area contributed by atoms with Crippen molar-refractivity contribution in [2.45, 2.75) is 469 Å². The first kappa shape index (κ1) is 92.0. The molecule has 9 heteroatoms. The van der Waals surface area contributed by atoms with E-state index in [4.69, 9.17) is 9.05 Å². The highest BCUT2D eigenvalue weighted by molar-refractivity contribution is 7.47. The third-order valence-electron chi connectivity index (χ3n) is 19.9. The number of phosphoric acid groups is 1. The van der Waals surface area contributed by atoms with Gasteiger partial charge in [0.1, 0.15) is 13.2 Å². The van der Waals surface area contributed by atoms with Crippen molar-refractivity contribution >= 4 is 13.7 Å². The molecule has 0 aromatic rings. The van der Waals surface area contributed by atoms with Gasteiger partial charge in [0, 0.05) is 6.42 Å². The average molecular weight is 1330 g/mol. The molecule has 93 heavy (non-hydrogen) atoms. The van der Waals surface area contributed by atoms with Gasteiger partial charge in [-0.15, -0.1) is 0 Å².